The van der Waals surface area contributed by atoms with Gasteiger partial charge >= 0.3 is 0 Å². The number of nitrogens with zero attached hydrogens (tertiary/aromatic N) is 1. The lowest BCUT2D eigenvalue weighted by atomic mass is 9.98. The summed E-state index contributed by atoms with van der Waals surface area (Å²) < 4.78 is 39.8. The maximum Gasteiger partial charge on any atom is 0.241 e. The monoisotopic (exact) mass is 497 g/mol. The lowest BCUT2D eigenvalue weighted by molar-refractivity contribution is -0.114. The summed E-state index contributed by atoms with van der Waals surface area (Å²) in [6.45, 7) is 4.23. The summed E-state index contributed by atoms with van der Waals surface area (Å²) in [6.07, 6.45) is 1.60. The first kappa shape index (κ1) is 25.0. The summed E-state index contributed by atoms with van der Waals surface area (Å²) in [5.41, 5.74) is 3.06. The average molecular weight is 498 g/mol. The third kappa shape index (κ3) is 5.58. The van der Waals surface area contributed by atoms with E-state index in [1.165, 1.54) is 18.1 Å². The molecule has 8 nitrogen and oxygen atoms in total. The maximum atomic E-state index is 13.1. The Bertz CT molecular complexity index is 1340. The molecular formula is C26H31N3O5S. The number of carbonyl (C=O) groups excluding carboxylic acids is 1. The Hall–Kier alpha value is -3.14. The van der Waals surface area contributed by atoms with Gasteiger partial charge in [-0.25, -0.2) is 13.1 Å². The van der Waals surface area contributed by atoms with Gasteiger partial charge in [0, 0.05) is 43.0 Å². The predicted molar refractivity (Wildman–Crippen MR) is 137 cm³/mol. The largest absolute Gasteiger partial charge is 0.493 e. The normalized spacial score (nSPS) is 13.9. The number of amides is 1. The molecule has 0 saturated heterocycles. The molecule has 0 bridgehead atoms. The van der Waals surface area contributed by atoms with Crippen LogP contribution in [0.3, 0.4) is 0 Å². The number of rotatable bonds is 9. The second kappa shape index (κ2) is 10.6. The highest BCUT2D eigenvalue weighted by Crippen LogP contribution is 2.33. The van der Waals surface area contributed by atoms with E-state index in [9.17, 15) is 13.2 Å². The molecule has 0 aliphatic carbocycles. The summed E-state index contributed by atoms with van der Waals surface area (Å²) >= 11 is 0. The van der Waals surface area contributed by atoms with Crippen LogP contribution in [0, 0.1) is 0 Å². The van der Waals surface area contributed by atoms with Crippen molar-refractivity contribution in [2.75, 3.05) is 39.2 Å². The van der Waals surface area contributed by atoms with Crippen molar-refractivity contribution in [3.8, 4) is 11.5 Å². The minimum atomic E-state index is -3.71. The fraction of sp³-hybridized carbons (Fsp3) is 0.346. The summed E-state index contributed by atoms with van der Waals surface area (Å²) in [7, 11) is -0.440. The third-order valence-corrected chi connectivity index (χ3v) is 7.74. The lowest BCUT2D eigenvalue weighted by Gasteiger charge is -2.29. The van der Waals surface area contributed by atoms with Crippen LogP contribution in [0.4, 0.5) is 5.69 Å². The molecule has 3 aromatic carbocycles. The van der Waals surface area contributed by atoms with Gasteiger partial charge in [-0.05, 0) is 54.8 Å². The van der Waals surface area contributed by atoms with Gasteiger partial charge in [0.15, 0.2) is 11.5 Å². The smallest absolute Gasteiger partial charge is 0.241 e. The topological polar surface area (TPSA) is 97.0 Å². The Morgan fingerprint density at radius 3 is 2.40 bits per heavy atom. The van der Waals surface area contributed by atoms with Crippen molar-refractivity contribution in [3.05, 3.63) is 59.7 Å². The SMILES string of the molecule is COc1cc2c(cc1OC)CN(CCCNS(=O)(=O)c1cccc3c(NC(C)=O)cccc13)CC2. The molecule has 0 spiro atoms. The van der Waals surface area contributed by atoms with Crippen LogP contribution >= 0.6 is 0 Å². The maximum absolute atomic E-state index is 13.1. The highest BCUT2D eigenvalue weighted by Gasteiger charge is 2.21. The number of hydrogen-bond donors (Lipinski definition) is 2. The molecule has 1 aliphatic rings. The zero-order chi connectivity index (χ0) is 25.0. The van der Waals surface area contributed by atoms with E-state index in [-0.39, 0.29) is 10.8 Å². The van der Waals surface area contributed by atoms with Gasteiger partial charge in [0.2, 0.25) is 15.9 Å². The van der Waals surface area contributed by atoms with Crippen molar-refractivity contribution in [1.29, 1.82) is 0 Å². The number of fused-ring (bicyclic) bond motifs is 2. The Kier molecular flexibility index (Phi) is 7.59. The summed E-state index contributed by atoms with van der Waals surface area (Å²) in [4.78, 5) is 14.0. The highest BCUT2D eigenvalue weighted by molar-refractivity contribution is 7.89. The van der Waals surface area contributed by atoms with E-state index in [4.69, 9.17) is 9.47 Å². The van der Waals surface area contributed by atoms with E-state index in [2.05, 4.69) is 14.9 Å². The minimum Gasteiger partial charge on any atom is -0.493 e. The van der Waals surface area contributed by atoms with Crippen molar-refractivity contribution >= 4 is 32.4 Å². The Morgan fingerprint density at radius 1 is 1.00 bits per heavy atom. The van der Waals surface area contributed by atoms with Gasteiger partial charge in [-0.1, -0.05) is 24.3 Å². The number of nitrogens with one attached hydrogen (secondary N) is 2. The number of sulfonamides is 1. The predicted octanol–water partition coefficient (Wildman–Crippen LogP) is 3.54. The molecule has 0 radical (unpaired) electrons. The van der Waals surface area contributed by atoms with Crippen LogP contribution in [0.5, 0.6) is 11.5 Å². The molecule has 0 aromatic heterocycles. The number of anilines is 1. The number of hydrogen-bond acceptors (Lipinski definition) is 6. The van der Waals surface area contributed by atoms with Gasteiger partial charge in [0.05, 0.1) is 19.1 Å². The fourth-order valence-electron chi connectivity index (χ4n) is 4.53. The van der Waals surface area contributed by atoms with Crippen molar-refractivity contribution in [1.82, 2.24) is 9.62 Å². The first-order chi connectivity index (χ1) is 16.8. The second-order valence-electron chi connectivity index (χ2n) is 8.59. The quantitative estimate of drug-likeness (QED) is 0.439. The van der Waals surface area contributed by atoms with E-state index in [0.717, 1.165) is 37.6 Å². The van der Waals surface area contributed by atoms with Gasteiger partial charge in [0.1, 0.15) is 0 Å². The van der Waals surface area contributed by atoms with Crippen LogP contribution in [0.25, 0.3) is 10.8 Å². The molecule has 2 N–H and O–H groups in total. The molecule has 0 fully saturated rings. The molecule has 3 aromatic rings. The number of benzene rings is 3. The zero-order valence-electron chi connectivity index (χ0n) is 20.3. The number of ether oxygens (including phenoxy) is 2. The molecule has 0 unspecified atom stereocenters. The van der Waals surface area contributed by atoms with Gasteiger partial charge in [-0.15, -0.1) is 0 Å². The summed E-state index contributed by atoms with van der Waals surface area (Å²) in [5, 5.41) is 4.02. The third-order valence-electron chi connectivity index (χ3n) is 6.22. The van der Waals surface area contributed by atoms with E-state index in [1.54, 1.807) is 50.6 Å². The van der Waals surface area contributed by atoms with E-state index in [0.29, 0.717) is 29.4 Å². The van der Waals surface area contributed by atoms with Crippen molar-refractivity contribution < 1.29 is 22.7 Å². The zero-order valence-corrected chi connectivity index (χ0v) is 21.1. The van der Waals surface area contributed by atoms with E-state index < -0.39 is 10.0 Å². The van der Waals surface area contributed by atoms with Crippen molar-refractivity contribution in [2.45, 2.75) is 31.2 Å². The van der Waals surface area contributed by atoms with Crippen LogP contribution in [0.1, 0.15) is 24.5 Å². The van der Waals surface area contributed by atoms with Crippen molar-refractivity contribution in [2.24, 2.45) is 0 Å². The van der Waals surface area contributed by atoms with E-state index in [1.807, 2.05) is 12.1 Å². The van der Waals surface area contributed by atoms with Gasteiger partial charge in [-0.3, -0.25) is 9.69 Å². The number of methoxy groups -OCH3 is 2. The Labute approximate surface area is 206 Å². The Balaban J connectivity index is 1.39. The Morgan fingerprint density at radius 2 is 1.69 bits per heavy atom. The minimum absolute atomic E-state index is 0.204. The fourth-order valence-corrected chi connectivity index (χ4v) is 5.83. The molecular weight excluding hydrogens is 466 g/mol. The van der Waals surface area contributed by atoms with Gasteiger partial charge < -0.3 is 14.8 Å². The molecule has 186 valence electrons. The molecule has 1 heterocycles. The average Bonchev–Trinajstić information content (AvgIpc) is 2.85. The second-order valence-corrected chi connectivity index (χ2v) is 10.3. The van der Waals surface area contributed by atoms with Crippen LogP contribution in [0.2, 0.25) is 0 Å². The molecule has 9 heteroatoms. The molecule has 0 atom stereocenters. The van der Waals surface area contributed by atoms with Crippen molar-refractivity contribution in [3.63, 3.8) is 0 Å². The van der Waals surface area contributed by atoms with Gasteiger partial charge in [-0.2, -0.15) is 0 Å². The number of carbonyl (C=O) groups is 1. The first-order valence-electron chi connectivity index (χ1n) is 11.6. The van der Waals surface area contributed by atoms with Crippen LogP contribution in [-0.2, 0) is 27.8 Å². The molecule has 1 aliphatic heterocycles. The molecule has 4 rings (SSSR count). The lowest BCUT2D eigenvalue weighted by Crippen LogP contribution is -2.33. The molecule has 0 saturated carbocycles. The van der Waals surface area contributed by atoms with E-state index >= 15 is 0 Å². The van der Waals surface area contributed by atoms with Crippen LogP contribution in [0.15, 0.2) is 53.4 Å². The van der Waals surface area contributed by atoms with Crippen LogP contribution in [-0.4, -0.2) is 53.1 Å². The highest BCUT2D eigenvalue weighted by atomic mass is 32.2. The molecule has 35 heavy (non-hydrogen) atoms. The standard InChI is InChI=1S/C26H31N3O5S/c1-18(30)28-23-9-4-8-22-21(23)7-5-10-26(22)35(31,32)27-12-6-13-29-14-11-19-15-24(33-2)25(34-3)16-20(19)17-29/h4-5,7-10,15-16,27H,6,11-14,17H2,1-3H3,(H,28,30). The van der Waals surface area contributed by atoms with Gasteiger partial charge in [0.25, 0.3) is 0 Å². The molecule has 1 amide bonds. The van der Waals surface area contributed by atoms with Crippen LogP contribution < -0.4 is 19.5 Å². The first-order valence-corrected chi connectivity index (χ1v) is 13.1. The summed E-state index contributed by atoms with van der Waals surface area (Å²) in [6, 6.07) is 14.4. The summed E-state index contributed by atoms with van der Waals surface area (Å²) in [5.74, 6) is 1.26.